The number of imide groups is 1. The van der Waals surface area contributed by atoms with E-state index in [2.05, 4.69) is 4.74 Å². The summed E-state index contributed by atoms with van der Waals surface area (Å²) >= 11 is 0. The van der Waals surface area contributed by atoms with Gasteiger partial charge in [-0.1, -0.05) is 18.2 Å². The van der Waals surface area contributed by atoms with Gasteiger partial charge in [0.25, 0.3) is 5.91 Å². The highest BCUT2D eigenvalue weighted by molar-refractivity contribution is 7.89. The fourth-order valence-corrected chi connectivity index (χ4v) is 5.53. The molecular weight excluding hydrogens is 434 g/mol. The zero-order valence-corrected chi connectivity index (χ0v) is 18.3. The van der Waals surface area contributed by atoms with Crippen molar-refractivity contribution >= 4 is 33.6 Å². The van der Waals surface area contributed by atoms with Crippen LogP contribution in [0.5, 0.6) is 0 Å². The normalized spacial score (nSPS) is 18.3. The molecule has 0 N–H and O–H groups in total. The maximum Gasteiger partial charge on any atom is 0.337 e. The zero-order chi connectivity index (χ0) is 22.9. The van der Waals surface area contributed by atoms with Crippen LogP contribution in [0.25, 0.3) is 0 Å². The Kier molecular flexibility index (Phi) is 5.98. The van der Waals surface area contributed by atoms with Gasteiger partial charge in [-0.25, -0.2) is 22.9 Å². The molecule has 0 bridgehead atoms. The van der Waals surface area contributed by atoms with Crippen molar-refractivity contribution in [1.29, 1.82) is 0 Å². The van der Waals surface area contributed by atoms with E-state index in [1.165, 1.54) is 45.5 Å². The van der Waals surface area contributed by atoms with Crippen LogP contribution in [0.2, 0.25) is 0 Å². The predicted molar refractivity (Wildman–Crippen MR) is 116 cm³/mol. The van der Waals surface area contributed by atoms with Crippen molar-refractivity contribution in [1.82, 2.24) is 9.21 Å². The highest BCUT2D eigenvalue weighted by Gasteiger charge is 2.42. The standard InChI is InChI=1S/C22H23N3O6S/c1-31-21(27)16-7-9-19(10-8-16)32(29,30)23-13-11-17(12-14-23)24-15-20(26)25(22(24)28)18-5-3-2-4-6-18/h2-10,17H,11-15H2,1H3. The molecule has 0 atom stereocenters. The average molecular weight is 458 g/mol. The highest BCUT2D eigenvalue weighted by atomic mass is 32.2. The lowest BCUT2D eigenvalue weighted by Crippen LogP contribution is -2.48. The summed E-state index contributed by atoms with van der Waals surface area (Å²) in [4.78, 5) is 39.7. The molecule has 2 aromatic rings. The van der Waals surface area contributed by atoms with E-state index in [4.69, 9.17) is 0 Å². The Labute approximate surface area is 186 Å². The number of hydrogen-bond donors (Lipinski definition) is 0. The molecule has 0 aromatic heterocycles. The number of carbonyl (C=O) groups is 3. The summed E-state index contributed by atoms with van der Waals surface area (Å²) in [5, 5.41) is 0. The van der Waals surface area contributed by atoms with Crippen LogP contribution in [0.15, 0.2) is 59.5 Å². The van der Waals surface area contributed by atoms with Crippen LogP contribution in [-0.4, -0.2) is 68.3 Å². The first kappa shape index (κ1) is 22.0. The predicted octanol–water partition coefficient (Wildman–Crippen LogP) is 2.10. The van der Waals surface area contributed by atoms with E-state index < -0.39 is 16.0 Å². The van der Waals surface area contributed by atoms with E-state index >= 15 is 0 Å². The molecule has 2 fully saturated rings. The van der Waals surface area contributed by atoms with Gasteiger partial charge in [-0.15, -0.1) is 0 Å². The number of esters is 1. The van der Waals surface area contributed by atoms with Gasteiger partial charge in [0.05, 0.1) is 23.3 Å². The summed E-state index contributed by atoms with van der Waals surface area (Å²) in [6.07, 6.45) is 0.863. The van der Waals surface area contributed by atoms with Gasteiger partial charge in [0.2, 0.25) is 10.0 Å². The lowest BCUT2D eigenvalue weighted by Gasteiger charge is -2.35. The molecule has 2 aromatic carbocycles. The van der Waals surface area contributed by atoms with Gasteiger partial charge in [0, 0.05) is 19.1 Å². The van der Waals surface area contributed by atoms with Crippen LogP contribution in [0.3, 0.4) is 0 Å². The Morgan fingerprint density at radius 2 is 1.59 bits per heavy atom. The number of hydrogen-bond acceptors (Lipinski definition) is 6. The van der Waals surface area contributed by atoms with Gasteiger partial charge in [-0.2, -0.15) is 4.31 Å². The van der Waals surface area contributed by atoms with Crippen LogP contribution in [0.4, 0.5) is 10.5 Å². The molecule has 0 saturated carbocycles. The smallest absolute Gasteiger partial charge is 0.337 e. The summed E-state index contributed by atoms with van der Waals surface area (Å²) in [6.45, 7) is 0.449. The number of carbonyl (C=O) groups excluding carboxylic acids is 3. The number of urea groups is 1. The second kappa shape index (κ2) is 8.71. The molecule has 2 heterocycles. The second-order valence-corrected chi connectivity index (χ2v) is 9.56. The molecule has 32 heavy (non-hydrogen) atoms. The number of methoxy groups -OCH3 is 1. The fourth-order valence-electron chi connectivity index (χ4n) is 4.06. The molecule has 4 rings (SSSR count). The fraction of sp³-hybridized carbons (Fsp3) is 0.318. The van der Waals surface area contributed by atoms with Gasteiger partial charge in [-0.3, -0.25) is 4.79 Å². The van der Waals surface area contributed by atoms with Gasteiger partial charge in [-0.05, 0) is 49.2 Å². The van der Waals surface area contributed by atoms with Crippen molar-refractivity contribution in [2.75, 3.05) is 31.6 Å². The number of ether oxygens (including phenoxy) is 1. The SMILES string of the molecule is COC(=O)c1ccc(S(=O)(=O)N2CCC(N3CC(=O)N(c4ccccc4)C3=O)CC2)cc1. The Morgan fingerprint density at radius 3 is 2.19 bits per heavy atom. The van der Waals surface area contributed by atoms with E-state index in [9.17, 15) is 22.8 Å². The number of benzene rings is 2. The Balaban J connectivity index is 1.42. The number of para-hydroxylation sites is 1. The molecule has 2 aliphatic heterocycles. The minimum absolute atomic E-state index is 0.0138. The third-order valence-electron chi connectivity index (χ3n) is 5.78. The van der Waals surface area contributed by atoms with Crippen LogP contribution in [-0.2, 0) is 19.6 Å². The summed E-state index contributed by atoms with van der Waals surface area (Å²) in [7, 11) is -2.48. The Hall–Kier alpha value is -3.24. The van der Waals surface area contributed by atoms with E-state index in [0.29, 0.717) is 18.5 Å². The van der Waals surface area contributed by atoms with E-state index in [0.717, 1.165) is 0 Å². The number of nitrogens with zero attached hydrogens (tertiary/aromatic N) is 3. The van der Waals surface area contributed by atoms with Crippen LogP contribution in [0, 0.1) is 0 Å². The Bertz CT molecular complexity index is 1130. The second-order valence-electron chi connectivity index (χ2n) is 7.63. The molecule has 168 valence electrons. The minimum atomic E-state index is -3.74. The maximum absolute atomic E-state index is 13.0. The summed E-state index contributed by atoms with van der Waals surface area (Å²) in [5.41, 5.74) is 0.797. The molecule has 0 unspecified atom stereocenters. The lowest BCUT2D eigenvalue weighted by atomic mass is 10.1. The quantitative estimate of drug-likeness (QED) is 0.503. The summed E-state index contributed by atoms with van der Waals surface area (Å²) < 4.78 is 32.0. The highest BCUT2D eigenvalue weighted by Crippen LogP contribution is 2.28. The number of amides is 3. The van der Waals surface area contributed by atoms with Crippen molar-refractivity contribution in [3.8, 4) is 0 Å². The summed E-state index contributed by atoms with van der Waals surface area (Å²) in [6, 6.07) is 13.8. The van der Waals surface area contributed by atoms with Crippen LogP contribution < -0.4 is 4.90 Å². The minimum Gasteiger partial charge on any atom is -0.465 e. The molecule has 2 aliphatic rings. The van der Waals surface area contributed by atoms with Crippen molar-refractivity contribution < 1.29 is 27.5 Å². The third kappa shape index (κ3) is 3.98. The van der Waals surface area contributed by atoms with Crippen molar-refractivity contribution in [3.63, 3.8) is 0 Å². The largest absolute Gasteiger partial charge is 0.465 e. The van der Waals surface area contributed by atoms with Crippen LogP contribution in [0.1, 0.15) is 23.2 Å². The van der Waals surface area contributed by atoms with Crippen molar-refractivity contribution in [2.24, 2.45) is 0 Å². The molecule has 0 aliphatic carbocycles. The first-order valence-electron chi connectivity index (χ1n) is 10.2. The maximum atomic E-state index is 13.0. The molecule has 10 heteroatoms. The van der Waals surface area contributed by atoms with E-state index in [-0.39, 0.29) is 48.1 Å². The zero-order valence-electron chi connectivity index (χ0n) is 17.5. The molecule has 9 nitrogen and oxygen atoms in total. The lowest BCUT2D eigenvalue weighted by molar-refractivity contribution is -0.116. The number of piperidine rings is 1. The molecule has 2 saturated heterocycles. The molecular formula is C22H23N3O6S. The van der Waals surface area contributed by atoms with Crippen LogP contribution >= 0.6 is 0 Å². The van der Waals surface area contributed by atoms with Crippen molar-refractivity contribution in [2.45, 2.75) is 23.8 Å². The Morgan fingerprint density at radius 1 is 0.969 bits per heavy atom. The average Bonchev–Trinajstić information content (AvgIpc) is 3.13. The van der Waals surface area contributed by atoms with E-state index in [1.54, 1.807) is 24.3 Å². The van der Waals surface area contributed by atoms with Gasteiger partial charge in [0.15, 0.2) is 0 Å². The first-order valence-corrected chi connectivity index (χ1v) is 11.6. The van der Waals surface area contributed by atoms with Gasteiger partial charge < -0.3 is 9.64 Å². The number of sulfonamides is 1. The topological polar surface area (TPSA) is 104 Å². The number of rotatable bonds is 5. The summed E-state index contributed by atoms with van der Waals surface area (Å²) in [5.74, 6) is -0.828. The van der Waals surface area contributed by atoms with Gasteiger partial charge >= 0.3 is 12.0 Å². The first-order chi connectivity index (χ1) is 15.3. The third-order valence-corrected chi connectivity index (χ3v) is 7.70. The number of anilines is 1. The van der Waals surface area contributed by atoms with Crippen molar-refractivity contribution in [3.05, 3.63) is 60.2 Å². The molecule has 3 amide bonds. The molecule has 0 radical (unpaired) electrons. The van der Waals surface area contributed by atoms with Gasteiger partial charge in [0.1, 0.15) is 6.54 Å². The van der Waals surface area contributed by atoms with E-state index in [1.807, 2.05) is 6.07 Å². The monoisotopic (exact) mass is 457 g/mol. The molecule has 0 spiro atoms.